The van der Waals surface area contributed by atoms with Crippen molar-refractivity contribution >= 4 is 21.6 Å². The van der Waals surface area contributed by atoms with Crippen molar-refractivity contribution in [2.24, 2.45) is 5.92 Å². The molecule has 2 aliphatic rings. The van der Waals surface area contributed by atoms with Crippen LogP contribution in [0.15, 0.2) is 53.7 Å². The molecule has 4 rings (SSSR count). The van der Waals surface area contributed by atoms with Gasteiger partial charge < -0.3 is 9.80 Å². The second-order valence-electron chi connectivity index (χ2n) is 7.63. The Bertz CT molecular complexity index is 986. The molecule has 0 atom stereocenters. The van der Waals surface area contributed by atoms with Crippen LogP contribution in [-0.2, 0) is 14.8 Å². The van der Waals surface area contributed by atoms with Crippen molar-refractivity contribution in [3.63, 3.8) is 0 Å². The van der Waals surface area contributed by atoms with Gasteiger partial charge in [-0.25, -0.2) is 12.8 Å². The smallest absolute Gasteiger partial charge is 0.245 e. The number of rotatable bonds is 4. The molecule has 3 heterocycles. The molecule has 2 aliphatic heterocycles. The van der Waals surface area contributed by atoms with Crippen LogP contribution in [-0.4, -0.2) is 67.8 Å². The lowest BCUT2D eigenvalue weighted by molar-refractivity contribution is -0.137. The lowest BCUT2D eigenvalue weighted by atomic mass is 9.96. The molecular formula is C21H25FN4O3S. The average molecular weight is 433 g/mol. The van der Waals surface area contributed by atoms with Crippen LogP contribution in [0.25, 0.3) is 0 Å². The number of pyridine rings is 1. The van der Waals surface area contributed by atoms with E-state index < -0.39 is 15.8 Å². The Balaban J connectivity index is 1.32. The first kappa shape index (κ1) is 20.7. The zero-order valence-corrected chi connectivity index (χ0v) is 17.5. The Morgan fingerprint density at radius 2 is 1.57 bits per heavy atom. The van der Waals surface area contributed by atoms with Gasteiger partial charge >= 0.3 is 0 Å². The number of sulfonamides is 1. The molecule has 2 aromatic rings. The van der Waals surface area contributed by atoms with Crippen LogP contribution in [0.3, 0.4) is 0 Å². The van der Waals surface area contributed by atoms with E-state index in [2.05, 4.69) is 9.88 Å². The Labute approximate surface area is 176 Å². The summed E-state index contributed by atoms with van der Waals surface area (Å²) < 4.78 is 40.7. The van der Waals surface area contributed by atoms with Crippen molar-refractivity contribution in [3.05, 3.63) is 54.6 Å². The standard InChI is InChI=1S/C21H25FN4O3S/c22-19-3-1-2-4-20(19)30(28,29)26-11-7-17(8-12-26)21(27)25-15-13-24(14-16-25)18-5-9-23-10-6-18/h1-6,9-10,17H,7-8,11-16H2. The summed E-state index contributed by atoms with van der Waals surface area (Å²) in [5.41, 5.74) is 1.10. The first-order valence-electron chi connectivity index (χ1n) is 10.2. The molecule has 1 amide bonds. The van der Waals surface area contributed by atoms with Gasteiger partial charge in [-0.3, -0.25) is 9.78 Å². The van der Waals surface area contributed by atoms with Crippen molar-refractivity contribution in [3.8, 4) is 0 Å². The van der Waals surface area contributed by atoms with Crippen LogP contribution in [0.1, 0.15) is 12.8 Å². The lowest BCUT2D eigenvalue weighted by Crippen LogP contribution is -2.52. The van der Waals surface area contributed by atoms with E-state index in [1.165, 1.54) is 22.5 Å². The molecule has 1 aromatic heterocycles. The monoisotopic (exact) mass is 432 g/mol. The van der Waals surface area contributed by atoms with Gasteiger partial charge in [0.2, 0.25) is 15.9 Å². The fourth-order valence-electron chi connectivity index (χ4n) is 4.13. The average Bonchev–Trinajstić information content (AvgIpc) is 2.79. The van der Waals surface area contributed by atoms with Crippen LogP contribution in [0.2, 0.25) is 0 Å². The highest BCUT2D eigenvalue weighted by molar-refractivity contribution is 7.89. The molecule has 0 aliphatic carbocycles. The summed E-state index contributed by atoms with van der Waals surface area (Å²) >= 11 is 0. The number of piperazine rings is 1. The topological polar surface area (TPSA) is 73.8 Å². The first-order chi connectivity index (χ1) is 14.5. The number of amides is 1. The number of hydrogen-bond acceptors (Lipinski definition) is 5. The molecule has 160 valence electrons. The van der Waals surface area contributed by atoms with Gasteiger partial charge in [0.25, 0.3) is 0 Å². The van der Waals surface area contributed by atoms with E-state index in [0.717, 1.165) is 24.8 Å². The van der Waals surface area contributed by atoms with Crippen molar-refractivity contribution < 1.29 is 17.6 Å². The quantitative estimate of drug-likeness (QED) is 0.739. The van der Waals surface area contributed by atoms with Gasteiger partial charge in [0, 0.05) is 63.3 Å². The number of carbonyl (C=O) groups is 1. The molecule has 0 N–H and O–H groups in total. The largest absolute Gasteiger partial charge is 0.368 e. The maximum absolute atomic E-state index is 14.0. The highest BCUT2D eigenvalue weighted by Crippen LogP contribution is 2.27. The predicted molar refractivity (Wildman–Crippen MR) is 111 cm³/mol. The van der Waals surface area contributed by atoms with E-state index in [4.69, 9.17) is 0 Å². The zero-order chi connectivity index (χ0) is 21.1. The number of anilines is 1. The lowest BCUT2D eigenvalue weighted by Gasteiger charge is -2.39. The summed E-state index contributed by atoms with van der Waals surface area (Å²) in [5, 5.41) is 0. The van der Waals surface area contributed by atoms with Gasteiger partial charge in [-0.2, -0.15) is 4.31 Å². The summed E-state index contributed by atoms with van der Waals surface area (Å²) in [5.74, 6) is -0.848. The Morgan fingerprint density at radius 1 is 0.933 bits per heavy atom. The minimum Gasteiger partial charge on any atom is -0.368 e. The maximum Gasteiger partial charge on any atom is 0.245 e. The van der Waals surface area contributed by atoms with Crippen molar-refractivity contribution in [2.75, 3.05) is 44.2 Å². The van der Waals surface area contributed by atoms with Crippen LogP contribution in [0, 0.1) is 11.7 Å². The molecule has 2 fully saturated rings. The summed E-state index contributed by atoms with van der Waals surface area (Å²) in [7, 11) is -3.88. The van der Waals surface area contributed by atoms with Crippen LogP contribution in [0.4, 0.5) is 10.1 Å². The van der Waals surface area contributed by atoms with Crippen molar-refractivity contribution in [1.82, 2.24) is 14.2 Å². The summed E-state index contributed by atoms with van der Waals surface area (Å²) in [6, 6.07) is 9.33. The van der Waals surface area contributed by atoms with E-state index in [1.807, 2.05) is 17.0 Å². The number of aromatic nitrogens is 1. The fraction of sp³-hybridized carbons (Fsp3) is 0.429. The number of carbonyl (C=O) groups excluding carboxylic acids is 1. The third kappa shape index (κ3) is 4.17. The van der Waals surface area contributed by atoms with E-state index >= 15 is 0 Å². The second kappa shape index (κ2) is 8.69. The van der Waals surface area contributed by atoms with Gasteiger partial charge in [-0.05, 0) is 37.1 Å². The van der Waals surface area contributed by atoms with E-state index in [-0.39, 0.29) is 29.8 Å². The van der Waals surface area contributed by atoms with Gasteiger partial charge in [-0.1, -0.05) is 12.1 Å². The van der Waals surface area contributed by atoms with E-state index in [0.29, 0.717) is 25.9 Å². The number of hydrogen-bond donors (Lipinski definition) is 0. The van der Waals surface area contributed by atoms with Gasteiger partial charge in [-0.15, -0.1) is 0 Å². The minimum absolute atomic E-state index is 0.0901. The number of piperidine rings is 1. The molecule has 30 heavy (non-hydrogen) atoms. The number of nitrogens with zero attached hydrogens (tertiary/aromatic N) is 4. The number of benzene rings is 1. The summed E-state index contributed by atoms with van der Waals surface area (Å²) in [4.78, 5) is 20.8. The van der Waals surface area contributed by atoms with Crippen LogP contribution in [0.5, 0.6) is 0 Å². The zero-order valence-electron chi connectivity index (χ0n) is 16.7. The highest BCUT2D eigenvalue weighted by Gasteiger charge is 2.35. The molecule has 7 nitrogen and oxygen atoms in total. The Morgan fingerprint density at radius 3 is 2.20 bits per heavy atom. The van der Waals surface area contributed by atoms with Crippen LogP contribution >= 0.6 is 0 Å². The third-order valence-corrected chi connectivity index (χ3v) is 7.81. The summed E-state index contributed by atoms with van der Waals surface area (Å²) in [6.07, 6.45) is 4.43. The predicted octanol–water partition coefficient (Wildman–Crippen LogP) is 1.97. The molecule has 2 saturated heterocycles. The first-order valence-corrected chi connectivity index (χ1v) is 11.6. The molecule has 0 bridgehead atoms. The Kier molecular flexibility index (Phi) is 6.01. The summed E-state index contributed by atoms with van der Waals surface area (Å²) in [6.45, 7) is 3.27. The van der Waals surface area contributed by atoms with E-state index in [1.54, 1.807) is 12.4 Å². The van der Waals surface area contributed by atoms with Gasteiger partial charge in [0.15, 0.2) is 0 Å². The second-order valence-corrected chi connectivity index (χ2v) is 9.53. The highest BCUT2D eigenvalue weighted by atomic mass is 32.2. The molecule has 0 unspecified atom stereocenters. The molecule has 9 heteroatoms. The fourth-order valence-corrected chi connectivity index (χ4v) is 5.67. The maximum atomic E-state index is 14.0. The molecule has 1 aromatic carbocycles. The van der Waals surface area contributed by atoms with Crippen molar-refractivity contribution in [1.29, 1.82) is 0 Å². The Hall–Kier alpha value is -2.52. The minimum atomic E-state index is -3.88. The number of halogens is 1. The van der Waals surface area contributed by atoms with Crippen molar-refractivity contribution in [2.45, 2.75) is 17.7 Å². The van der Waals surface area contributed by atoms with Gasteiger partial charge in [0.05, 0.1) is 0 Å². The molecular weight excluding hydrogens is 407 g/mol. The normalized spacial score (nSPS) is 19.1. The van der Waals surface area contributed by atoms with Gasteiger partial charge in [0.1, 0.15) is 10.7 Å². The SMILES string of the molecule is O=C(C1CCN(S(=O)(=O)c2ccccc2F)CC1)N1CCN(c2ccncc2)CC1. The van der Waals surface area contributed by atoms with E-state index in [9.17, 15) is 17.6 Å². The molecule has 0 spiro atoms. The third-order valence-electron chi connectivity index (χ3n) is 5.88. The molecule has 0 radical (unpaired) electrons. The van der Waals surface area contributed by atoms with Crippen LogP contribution < -0.4 is 4.90 Å². The molecule has 0 saturated carbocycles.